The summed E-state index contributed by atoms with van der Waals surface area (Å²) in [4.78, 5) is 12.9. The number of methoxy groups -OCH3 is 2. The number of aromatic nitrogens is 1. The van der Waals surface area contributed by atoms with E-state index in [2.05, 4.69) is 5.32 Å². The van der Waals surface area contributed by atoms with Crippen LogP contribution in [0.1, 0.15) is 11.1 Å². The van der Waals surface area contributed by atoms with Crippen molar-refractivity contribution in [1.29, 1.82) is 0 Å². The molecule has 0 aliphatic rings. The van der Waals surface area contributed by atoms with Crippen molar-refractivity contribution in [1.82, 2.24) is 9.88 Å². The fraction of sp³-hybridized carbons (Fsp3) is 0.222. The van der Waals surface area contributed by atoms with Crippen molar-refractivity contribution in [3.05, 3.63) is 89.1 Å². The lowest BCUT2D eigenvalue weighted by Crippen LogP contribution is -2.29. The van der Waals surface area contributed by atoms with Gasteiger partial charge in [0.25, 0.3) is 0 Å². The molecule has 0 bridgehead atoms. The highest BCUT2D eigenvalue weighted by Gasteiger charge is 2.22. The molecule has 0 atom stereocenters. The first-order valence-corrected chi connectivity index (χ1v) is 13.4. The van der Waals surface area contributed by atoms with Crippen LogP contribution in [0.25, 0.3) is 10.9 Å². The minimum absolute atomic E-state index is 0.00289. The second-order valence-electron chi connectivity index (χ2n) is 8.31. The summed E-state index contributed by atoms with van der Waals surface area (Å²) in [6.07, 6.45) is 2.16. The molecular formula is C27H27ClN2O5S. The summed E-state index contributed by atoms with van der Waals surface area (Å²) in [7, 11) is -0.492. The number of halogens is 1. The van der Waals surface area contributed by atoms with E-state index in [0.29, 0.717) is 46.0 Å². The molecule has 1 aromatic heterocycles. The first-order chi connectivity index (χ1) is 17.3. The molecule has 0 aliphatic heterocycles. The molecule has 4 rings (SSSR count). The molecule has 1 amide bonds. The van der Waals surface area contributed by atoms with Gasteiger partial charge in [-0.2, -0.15) is 0 Å². The standard InChI is InChI=1S/C27H27ClN2O5S/c1-34-24-12-9-19(15-25(24)35-2)13-14-29-27(31)17-30-16-26(22-5-3-4-6-23(22)30)36(32,33)18-20-7-10-21(28)11-8-20/h3-12,15-16H,13-14,17-18H2,1-2H3,(H,29,31). The molecule has 188 valence electrons. The number of rotatable bonds is 10. The summed E-state index contributed by atoms with van der Waals surface area (Å²) < 4.78 is 38.8. The zero-order valence-corrected chi connectivity index (χ0v) is 21.6. The molecule has 4 aromatic rings. The van der Waals surface area contributed by atoms with Gasteiger partial charge in [0.1, 0.15) is 6.54 Å². The van der Waals surface area contributed by atoms with E-state index in [1.165, 1.54) is 0 Å². The molecule has 36 heavy (non-hydrogen) atoms. The average Bonchev–Trinajstić information content (AvgIpc) is 3.24. The highest BCUT2D eigenvalue weighted by atomic mass is 35.5. The molecule has 0 fully saturated rings. The lowest BCUT2D eigenvalue weighted by molar-refractivity contribution is -0.121. The number of nitrogens with one attached hydrogen (secondary N) is 1. The molecule has 7 nitrogen and oxygen atoms in total. The Morgan fingerprint density at radius 1 is 0.944 bits per heavy atom. The third-order valence-electron chi connectivity index (χ3n) is 5.85. The van der Waals surface area contributed by atoms with Gasteiger partial charge in [-0.3, -0.25) is 4.79 Å². The van der Waals surface area contributed by atoms with E-state index in [1.807, 2.05) is 30.3 Å². The summed E-state index contributed by atoms with van der Waals surface area (Å²) in [6.45, 7) is 0.429. The van der Waals surface area contributed by atoms with E-state index in [4.69, 9.17) is 21.1 Å². The first kappa shape index (κ1) is 25.6. The minimum atomic E-state index is -3.65. The van der Waals surface area contributed by atoms with Crippen molar-refractivity contribution < 1.29 is 22.7 Å². The third-order valence-corrected chi connectivity index (χ3v) is 7.82. The van der Waals surface area contributed by atoms with Gasteiger partial charge < -0.3 is 19.4 Å². The number of sulfone groups is 1. The van der Waals surface area contributed by atoms with E-state index in [1.54, 1.807) is 61.4 Å². The number of fused-ring (bicyclic) bond motifs is 1. The Morgan fingerprint density at radius 2 is 1.64 bits per heavy atom. The lowest BCUT2D eigenvalue weighted by Gasteiger charge is -2.10. The quantitative estimate of drug-likeness (QED) is 0.325. The van der Waals surface area contributed by atoms with E-state index in [0.717, 1.165) is 5.56 Å². The van der Waals surface area contributed by atoms with Crippen LogP contribution >= 0.6 is 11.6 Å². The number of hydrogen-bond donors (Lipinski definition) is 1. The minimum Gasteiger partial charge on any atom is -0.493 e. The molecule has 1 heterocycles. The van der Waals surface area contributed by atoms with Crippen LogP contribution in [0.4, 0.5) is 0 Å². The molecule has 3 aromatic carbocycles. The number of para-hydroxylation sites is 1. The highest BCUT2D eigenvalue weighted by Crippen LogP contribution is 2.29. The van der Waals surface area contributed by atoms with Gasteiger partial charge in [-0.1, -0.05) is 48.0 Å². The fourth-order valence-corrected chi connectivity index (χ4v) is 5.77. The third kappa shape index (κ3) is 5.83. The predicted molar refractivity (Wildman–Crippen MR) is 141 cm³/mol. The van der Waals surface area contributed by atoms with E-state index < -0.39 is 9.84 Å². The maximum atomic E-state index is 13.3. The summed E-state index contributed by atoms with van der Waals surface area (Å²) in [6, 6.07) is 19.5. The van der Waals surface area contributed by atoms with Crippen LogP contribution in [0.3, 0.4) is 0 Å². The smallest absolute Gasteiger partial charge is 0.239 e. The Balaban J connectivity index is 1.46. The van der Waals surface area contributed by atoms with Gasteiger partial charge in [0.05, 0.1) is 24.9 Å². The number of benzene rings is 3. The van der Waals surface area contributed by atoms with Crippen molar-refractivity contribution in [3.8, 4) is 11.5 Å². The second kappa shape index (κ2) is 11.1. The van der Waals surface area contributed by atoms with E-state index in [-0.39, 0.29) is 23.1 Å². The van der Waals surface area contributed by atoms with Gasteiger partial charge >= 0.3 is 0 Å². The summed E-state index contributed by atoms with van der Waals surface area (Å²) >= 11 is 5.93. The summed E-state index contributed by atoms with van der Waals surface area (Å²) in [5, 5.41) is 4.04. The van der Waals surface area contributed by atoms with Crippen LogP contribution in [-0.4, -0.2) is 39.7 Å². The SMILES string of the molecule is COc1ccc(CCNC(=O)Cn2cc(S(=O)(=O)Cc3ccc(Cl)cc3)c3ccccc32)cc1OC. The van der Waals surface area contributed by atoms with Gasteiger partial charge in [-0.05, 0) is 47.9 Å². The highest BCUT2D eigenvalue weighted by molar-refractivity contribution is 7.90. The van der Waals surface area contributed by atoms with Crippen LogP contribution in [0, 0.1) is 0 Å². The number of nitrogens with zero attached hydrogens (tertiary/aromatic N) is 1. The Bertz CT molecular complexity index is 1480. The van der Waals surface area contributed by atoms with Crippen LogP contribution in [0.2, 0.25) is 5.02 Å². The van der Waals surface area contributed by atoms with Crippen LogP contribution in [0.15, 0.2) is 77.8 Å². The molecular weight excluding hydrogens is 500 g/mol. The van der Waals surface area contributed by atoms with E-state index >= 15 is 0 Å². The van der Waals surface area contributed by atoms with Crippen molar-refractivity contribution in [2.24, 2.45) is 0 Å². The molecule has 0 saturated carbocycles. The Morgan fingerprint density at radius 3 is 2.36 bits per heavy atom. The second-order valence-corrected chi connectivity index (χ2v) is 10.7. The van der Waals surface area contributed by atoms with Crippen molar-refractivity contribution in [2.75, 3.05) is 20.8 Å². The lowest BCUT2D eigenvalue weighted by atomic mass is 10.1. The van der Waals surface area contributed by atoms with Gasteiger partial charge in [0.2, 0.25) is 5.91 Å². The number of carbonyl (C=O) groups excluding carboxylic acids is 1. The number of carbonyl (C=O) groups is 1. The number of hydrogen-bond acceptors (Lipinski definition) is 5. The maximum absolute atomic E-state index is 13.3. The normalized spacial score (nSPS) is 11.4. The zero-order valence-electron chi connectivity index (χ0n) is 20.0. The van der Waals surface area contributed by atoms with Crippen molar-refractivity contribution in [3.63, 3.8) is 0 Å². The fourth-order valence-electron chi connectivity index (χ4n) is 4.06. The monoisotopic (exact) mass is 526 g/mol. The average molecular weight is 527 g/mol. The van der Waals surface area contributed by atoms with E-state index in [9.17, 15) is 13.2 Å². The van der Waals surface area contributed by atoms with Gasteiger partial charge in [0, 0.05) is 28.7 Å². The Labute approximate surface area is 215 Å². The zero-order chi connectivity index (χ0) is 25.7. The first-order valence-electron chi connectivity index (χ1n) is 11.3. The van der Waals surface area contributed by atoms with Crippen molar-refractivity contribution >= 4 is 38.2 Å². The number of amides is 1. The van der Waals surface area contributed by atoms with Crippen LogP contribution in [-0.2, 0) is 33.4 Å². The van der Waals surface area contributed by atoms with Gasteiger partial charge in [-0.25, -0.2) is 8.42 Å². The molecule has 9 heteroatoms. The largest absolute Gasteiger partial charge is 0.493 e. The molecule has 0 radical (unpaired) electrons. The molecule has 0 saturated heterocycles. The molecule has 0 aliphatic carbocycles. The Hall–Kier alpha value is -3.49. The van der Waals surface area contributed by atoms with Gasteiger partial charge in [0.15, 0.2) is 21.3 Å². The van der Waals surface area contributed by atoms with Crippen molar-refractivity contribution in [2.45, 2.75) is 23.6 Å². The van der Waals surface area contributed by atoms with Gasteiger partial charge in [-0.15, -0.1) is 0 Å². The maximum Gasteiger partial charge on any atom is 0.239 e. The molecule has 1 N–H and O–H groups in total. The molecule has 0 spiro atoms. The molecule has 0 unspecified atom stereocenters. The summed E-state index contributed by atoms with van der Waals surface area (Å²) in [5.74, 6) is 0.910. The topological polar surface area (TPSA) is 86.6 Å². The summed E-state index contributed by atoms with van der Waals surface area (Å²) in [5.41, 5.74) is 2.32. The predicted octanol–water partition coefficient (Wildman–Crippen LogP) is 4.64. The van der Waals surface area contributed by atoms with Crippen LogP contribution < -0.4 is 14.8 Å². The van der Waals surface area contributed by atoms with Crippen LogP contribution in [0.5, 0.6) is 11.5 Å². The Kier molecular flexibility index (Phi) is 7.86. The number of ether oxygens (including phenoxy) is 2.